The molecule has 0 amide bonds. The van der Waals surface area contributed by atoms with Gasteiger partial charge in [-0.15, -0.1) is 0 Å². The Morgan fingerprint density at radius 3 is 0.750 bits per heavy atom. The van der Waals surface area contributed by atoms with E-state index in [1.165, 1.54) is 77.5 Å². The molecular weight excluding hydrogens is 1510 g/mol. The fourth-order valence-corrected chi connectivity index (χ4v) is 19.8. The summed E-state index contributed by atoms with van der Waals surface area (Å²) < 4.78 is 24.6. The molecular formula is C118H80N2O4. The fourth-order valence-electron chi connectivity index (χ4n) is 19.8. The highest BCUT2D eigenvalue weighted by atomic mass is 16.3. The Labute approximate surface area is 717 Å². The number of hydrogen-bond acceptors (Lipinski definition) is 6. The fraction of sp³-hybridized carbons (Fsp3) is 0.0508. The molecule has 0 spiro atoms. The zero-order valence-electron chi connectivity index (χ0n) is 68.8. The molecule has 6 nitrogen and oxygen atoms in total. The molecule has 6 heteroatoms. The van der Waals surface area contributed by atoms with Crippen molar-refractivity contribution in [3.05, 3.63) is 435 Å². The third-order valence-electron chi connectivity index (χ3n) is 26.4. The smallest absolute Gasteiger partial charge is 0.135 e. The second-order valence-electron chi connectivity index (χ2n) is 34.3. The summed E-state index contributed by atoms with van der Waals surface area (Å²) in [4.78, 5) is 4.79. The van der Waals surface area contributed by atoms with Gasteiger partial charge in [0.2, 0.25) is 0 Å². The molecule has 2 aliphatic rings. The van der Waals surface area contributed by atoms with Gasteiger partial charge in [0.1, 0.15) is 44.7 Å². The van der Waals surface area contributed by atoms with Gasteiger partial charge in [-0.1, -0.05) is 276 Å². The Kier molecular flexibility index (Phi) is 16.6. The molecule has 4 heterocycles. The van der Waals surface area contributed by atoms with Crippen molar-refractivity contribution >= 4 is 133 Å². The Bertz CT molecular complexity index is 7910. The number of nitrogens with zero attached hydrogens (tertiary/aromatic N) is 2. The summed E-state index contributed by atoms with van der Waals surface area (Å²) in [7, 11) is 0. The van der Waals surface area contributed by atoms with Gasteiger partial charge < -0.3 is 27.5 Å². The van der Waals surface area contributed by atoms with E-state index in [1.54, 1.807) is 0 Å². The number of hydrogen-bond donors (Lipinski definition) is 0. The molecule has 0 fully saturated rings. The molecule has 0 N–H and O–H groups in total. The molecule has 0 saturated heterocycles. The Morgan fingerprint density at radius 2 is 0.395 bits per heavy atom. The first-order valence-corrected chi connectivity index (χ1v) is 42.7. The lowest BCUT2D eigenvalue weighted by molar-refractivity contribution is 0.660. The Morgan fingerprint density at radius 1 is 0.161 bits per heavy atom. The predicted octanol–water partition coefficient (Wildman–Crippen LogP) is 33.7. The molecule has 2 aliphatic carbocycles. The molecule has 4 aromatic heterocycles. The number of furan rings is 4. The molecule has 25 rings (SSSR count). The van der Waals surface area contributed by atoms with Crippen molar-refractivity contribution in [1.29, 1.82) is 0 Å². The first kappa shape index (κ1) is 72.3. The maximum absolute atomic E-state index is 6.16. The highest BCUT2D eigenvalue weighted by Crippen LogP contribution is 2.55. The maximum atomic E-state index is 6.16. The predicted molar refractivity (Wildman–Crippen MR) is 517 cm³/mol. The van der Waals surface area contributed by atoms with Crippen molar-refractivity contribution in [1.82, 2.24) is 0 Å². The quantitative estimate of drug-likeness (QED) is 0.121. The number of benzene rings is 19. The van der Waals surface area contributed by atoms with Gasteiger partial charge in [-0.2, -0.15) is 0 Å². The number of anilines is 6. The zero-order valence-corrected chi connectivity index (χ0v) is 68.8. The molecule has 124 heavy (non-hydrogen) atoms. The summed E-state index contributed by atoms with van der Waals surface area (Å²) in [5.74, 6) is 0. The standard InChI is InChI=1S/C61H41NO2.C57H39NO2/c1-61(2)55-36-45(42-16-15-38-9-3-4-10-41(38)33-42)21-29-49(55)50-30-28-48(37-56(50)61)62(46-24-17-39(18-25-46)43-22-31-59-53(34-43)51-11-5-7-13-57(51)63-59)47-26-19-40(20-27-47)44-23-32-60-54(35-44)52-12-6-8-14-58(52)64-60;1-57(2)51-34-41(36-10-4-3-5-11-36)20-28-45(51)46-29-27-44(35-52(46)57)58(42-23-16-37(17-24-42)39-21-30-55-49(32-39)47-12-6-8-14-53(47)59-55)43-25-18-38(19-26-43)40-22-31-56-50(33-40)48-13-7-9-15-54(48)60-56/h3-37H,1-2H3;3-35H,1-2H3. The lowest BCUT2D eigenvalue weighted by atomic mass is 9.81. The van der Waals surface area contributed by atoms with Crippen LogP contribution in [-0.2, 0) is 10.8 Å². The molecule has 0 atom stereocenters. The average Bonchev–Trinajstić information content (AvgIpc) is 1.57. The first-order chi connectivity index (χ1) is 60.9. The van der Waals surface area contributed by atoms with Crippen LogP contribution in [0.3, 0.4) is 0 Å². The van der Waals surface area contributed by atoms with Gasteiger partial charge >= 0.3 is 0 Å². The van der Waals surface area contributed by atoms with Crippen LogP contribution < -0.4 is 9.80 Å². The largest absolute Gasteiger partial charge is 0.456 e. The van der Waals surface area contributed by atoms with Crippen molar-refractivity contribution in [3.8, 4) is 89.0 Å². The van der Waals surface area contributed by atoms with Crippen molar-refractivity contribution in [3.63, 3.8) is 0 Å². The van der Waals surface area contributed by atoms with E-state index in [0.29, 0.717) is 0 Å². The van der Waals surface area contributed by atoms with E-state index in [1.807, 2.05) is 48.5 Å². The average molecular weight is 1590 g/mol. The van der Waals surface area contributed by atoms with Crippen LogP contribution in [0.15, 0.2) is 430 Å². The summed E-state index contributed by atoms with van der Waals surface area (Å²) in [5, 5.41) is 11.6. The Balaban J connectivity index is 0.000000140. The number of rotatable bonds is 12. The zero-order chi connectivity index (χ0) is 82.5. The van der Waals surface area contributed by atoms with Gasteiger partial charge in [-0.3, -0.25) is 0 Å². The van der Waals surface area contributed by atoms with E-state index < -0.39 is 0 Å². The van der Waals surface area contributed by atoms with Crippen LogP contribution in [0.25, 0.3) is 188 Å². The van der Waals surface area contributed by atoms with Crippen LogP contribution in [0, 0.1) is 0 Å². The SMILES string of the molecule is CC1(C)c2cc(-c3ccc4ccccc4c3)ccc2-c2ccc(N(c3ccc(-c4ccc5oc6ccccc6c5c4)cc3)c3ccc(-c4ccc5oc6ccccc6c5c4)cc3)cc21.CC1(C)c2cc(-c3ccccc3)ccc2-c2ccc(N(c3ccc(-c4ccc5oc6ccccc6c5c4)cc3)c3ccc(-c4ccc5oc6ccccc6c5c4)cc3)cc21. The third-order valence-corrected chi connectivity index (χ3v) is 26.4. The second-order valence-corrected chi connectivity index (χ2v) is 34.3. The summed E-state index contributed by atoms with van der Waals surface area (Å²) in [5.41, 5.74) is 38.3. The number of fused-ring (bicyclic) bond motifs is 19. The molecule has 23 aromatic rings. The highest BCUT2D eigenvalue weighted by molar-refractivity contribution is 6.10. The maximum Gasteiger partial charge on any atom is 0.135 e. The molecule has 0 unspecified atom stereocenters. The second kappa shape index (κ2) is 28.5. The van der Waals surface area contributed by atoms with Crippen LogP contribution in [0.5, 0.6) is 0 Å². The summed E-state index contributed by atoms with van der Waals surface area (Å²) >= 11 is 0. The van der Waals surface area contributed by atoms with Crippen molar-refractivity contribution in [2.75, 3.05) is 9.80 Å². The van der Waals surface area contributed by atoms with Crippen molar-refractivity contribution < 1.29 is 17.7 Å². The monoisotopic (exact) mass is 1590 g/mol. The van der Waals surface area contributed by atoms with E-state index in [9.17, 15) is 0 Å². The van der Waals surface area contributed by atoms with E-state index >= 15 is 0 Å². The normalized spacial score (nSPS) is 13.0. The van der Waals surface area contributed by atoms with Crippen LogP contribution in [0.4, 0.5) is 34.1 Å². The van der Waals surface area contributed by atoms with Crippen LogP contribution >= 0.6 is 0 Å². The third kappa shape index (κ3) is 12.1. The highest BCUT2D eigenvalue weighted by Gasteiger charge is 2.39. The summed E-state index contributed by atoms with van der Waals surface area (Å²) in [6.07, 6.45) is 0. The minimum Gasteiger partial charge on any atom is -0.456 e. The minimum atomic E-state index is -0.210. The van der Waals surface area contributed by atoms with Gasteiger partial charge in [0, 0.05) is 88.0 Å². The van der Waals surface area contributed by atoms with E-state index in [-0.39, 0.29) is 10.8 Å². The van der Waals surface area contributed by atoms with Gasteiger partial charge in [-0.05, 0) is 286 Å². The van der Waals surface area contributed by atoms with Crippen LogP contribution in [0.2, 0.25) is 0 Å². The molecule has 0 saturated carbocycles. The summed E-state index contributed by atoms with van der Waals surface area (Å²) in [6.45, 7) is 9.48. The van der Waals surface area contributed by atoms with E-state index in [4.69, 9.17) is 17.7 Å². The number of para-hydroxylation sites is 4. The first-order valence-electron chi connectivity index (χ1n) is 42.7. The van der Waals surface area contributed by atoms with E-state index in [2.05, 4.69) is 401 Å². The van der Waals surface area contributed by atoms with E-state index in [0.717, 1.165) is 166 Å². The molecule has 0 bridgehead atoms. The molecule has 0 radical (unpaired) electrons. The van der Waals surface area contributed by atoms with Gasteiger partial charge in [0.25, 0.3) is 0 Å². The topological polar surface area (TPSA) is 59.0 Å². The van der Waals surface area contributed by atoms with Crippen molar-refractivity contribution in [2.45, 2.75) is 38.5 Å². The summed E-state index contributed by atoms with van der Waals surface area (Å²) in [6, 6.07) is 149. The van der Waals surface area contributed by atoms with Gasteiger partial charge in [-0.25, -0.2) is 0 Å². The molecule has 0 aliphatic heterocycles. The van der Waals surface area contributed by atoms with Crippen LogP contribution in [0.1, 0.15) is 49.9 Å². The minimum absolute atomic E-state index is 0.184. The molecule has 19 aromatic carbocycles. The lowest BCUT2D eigenvalue weighted by Crippen LogP contribution is -2.16. The van der Waals surface area contributed by atoms with Gasteiger partial charge in [0.05, 0.1) is 0 Å². The lowest BCUT2D eigenvalue weighted by Gasteiger charge is -2.28. The van der Waals surface area contributed by atoms with Crippen LogP contribution in [-0.4, -0.2) is 0 Å². The van der Waals surface area contributed by atoms with Gasteiger partial charge in [0.15, 0.2) is 0 Å². The van der Waals surface area contributed by atoms with Crippen molar-refractivity contribution in [2.24, 2.45) is 0 Å². The molecule has 586 valence electrons. The Hall–Kier alpha value is -15.8.